The number of rotatable bonds is 7. The van der Waals surface area contributed by atoms with Crippen LogP contribution in [0.3, 0.4) is 0 Å². The zero-order valence-electron chi connectivity index (χ0n) is 12.1. The van der Waals surface area contributed by atoms with Gasteiger partial charge in [0.15, 0.2) is 0 Å². The van der Waals surface area contributed by atoms with Gasteiger partial charge in [-0.15, -0.1) is 0 Å². The standard InChI is InChI=1S/C15H24N2O2/c1-12-6-4-7-13(2)14(12)15(18)17(9-5-8-16)10-11-19-3/h4,6-7H,5,8-11,16H2,1-3H3. The molecule has 0 unspecified atom stereocenters. The Bertz CT molecular complexity index is 390. The van der Waals surface area contributed by atoms with Crippen LogP contribution >= 0.6 is 0 Å². The average Bonchev–Trinajstić information content (AvgIpc) is 2.38. The fourth-order valence-electron chi connectivity index (χ4n) is 2.11. The molecule has 19 heavy (non-hydrogen) atoms. The van der Waals surface area contributed by atoms with Gasteiger partial charge in [-0.3, -0.25) is 4.79 Å². The molecule has 0 aliphatic rings. The Kier molecular flexibility index (Phi) is 6.53. The highest BCUT2D eigenvalue weighted by Crippen LogP contribution is 2.16. The number of carbonyl (C=O) groups is 1. The summed E-state index contributed by atoms with van der Waals surface area (Å²) in [5.74, 6) is 0.0705. The Morgan fingerprint density at radius 1 is 1.26 bits per heavy atom. The van der Waals surface area contributed by atoms with Crippen LogP contribution in [0.4, 0.5) is 0 Å². The van der Waals surface area contributed by atoms with Gasteiger partial charge < -0.3 is 15.4 Å². The predicted molar refractivity (Wildman–Crippen MR) is 77.4 cm³/mol. The highest BCUT2D eigenvalue weighted by Gasteiger charge is 2.18. The van der Waals surface area contributed by atoms with Crippen molar-refractivity contribution < 1.29 is 9.53 Å². The molecular formula is C15H24N2O2. The number of carbonyl (C=O) groups excluding carboxylic acids is 1. The molecule has 0 aliphatic carbocycles. The molecule has 0 aliphatic heterocycles. The van der Waals surface area contributed by atoms with Crippen molar-refractivity contribution >= 4 is 5.91 Å². The Labute approximate surface area is 115 Å². The predicted octanol–water partition coefficient (Wildman–Crippen LogP) is 1.74. The van der Waals surface area contributed by atoms with E-state index in [1.807, 2.05) is 36.9 Å². The van der Waals surface area contributed by atoms with E-state index in [1.54, 1.807) is 7.11 Å². The van der Waals surface area contributed by atoms with Gasteiger partial charge in [0.05, 0.1) is 6.61 Å². The summed E-state index contributed by atoms with van der Waals surface area (Å²) in [5.41, 5.74) is 8.36. The lowest BCUT2D eigenvalue weighted by Crippen LogP contribution is -2.36. The molecule has 1 rings (SSSR count). The Morgan fingerprint density at radius 3 is 2.42 bits per heavy atom. The maximum Gasteiger partial charge on any atom is 0.254 e. The average molecular weight is 264 g/mol. The van der Waals surface area contributed by atoms with Crippen molar-refractivity contribution in [2.75, 3.05) is 33.4 Å². The van der Waals surface area contributed by atoms with Gasteiger partial charge >= 0.3 is 0 Å². The van der Waals surface area contributed by atoms with Gasteiger partial charge in [0.1, 0.15) is 0 Å². The molecule has 0 fully saturated rings. The number of hydrogen-bond acceptors (Lipinski definition) is 3. The third-order valence-corrected chi connectivity index (χ3v) is 3.18. The lowest BCUT2D eigenvalue weighted by molar-refractivity contribution is 0.0693. The monoisotopic (exact) mass is 264 g/mol. The second kappa shape index (κ2) is 7.92. The first-order valence-electron chi connectivity index (χ1n) is 6.66. The molecule has 0 spiro atoms. The van der Waals surface area contributed by atoms with Crippen LogP contribution < -0.4 is 5.73 Å². The number of benzene rings is 1. The summed E-state index contributed by atoms with van der Waals surface area (Å²) in [6.07, 6.45) is 0.806. The van der Waals surface area contributed by atoms with E-state index in [0.29, 0.717) is 26.2 Å². The van der Waals surface area contributed by atoms with E-state index >= 15 is 0 Å². The van der Waals surface area contributed by atoms with Gasteiger partial charge in [-0.2, -0.15) is 0 Å². The first-order chi connectivity index (χ1) is 9.11. The summed E-state index contributed by atoms with van der Waals surface area (Å²) in [6, 6.07) is 5.91. The van der Waals surface area contributed by atoms with E-state index < -0.39 is 0 Å². The van der Waals surface area contributed by atoms with E-state index in [2.05, 4.69) is 0 Å². The highest BCUT2D eigenvalue weighted by molar-refractivity contribution is 5.97. The Balaban J connectivity index is 2.91. The van der Waals surface area contributed by atoms with Crippen LogP contribution in [-0.4, -0.2) is 44.2 Å². The number of nitrogens with zero attached hydrogens (tertiary/aromatic N) is 1. The van der Waals surface area contributed by atoms with Crippen molar-refractivity contribution in [2.45, 2.75) is 20.3 Å². The molecule has 0 saturated carbocycles. The summed E-state index contributed by atoms with van der Waals surface area (Å²) >= 11 is 0. The Hall–Kier alpha value is -1.39. The third kappa shape index (κ3) is 4.33. The first-order valence-corrected chi connectivity index (χ1v) is 6.66. The quantitative estimate of drug-likeness (QED) is 0.816. The summed E-state index contributed by atoms with van der Waals surface area (Å²) in [7, 11) is 1.64. The van der Waals surface area contributed by atoms with Gasteiger partial charge in [-0.05, 0) is 37.9 Å². The zero-order valence-corrected chi connectivity index (χ0v) is 12.1. The normalized spacial score (nSPS) is 10.5. The van der Waals surface area contributed by atoms with Crippen molar-refractivity contribution in [1.82, 2.24) is 4.90 Å². The van der Waals surface area contributed by atoms with E-state index in [9.17, 15) is 4.79 Å². The molecule has 1 aromatic carbocycles. The lowest BCUT2D eigenvalue weighted by atomic mass is 10.0. The molecule has 0 atom stereocenters. The van der Waals surface area contributed by atoms with Crippen LogP contribution in [0, 0.1) is 13.8 Å². The molecule has 106 valence electrons. The minimum Gasteiger partial charge on any atom is -0.383 e. The molecular weight excluding hydrogens is 240 g/mol. The maximum absolute atomic E-state index is 12.6. The number of hydrogen-bond donors (Lipinski definition) is 1. The molecule has 0 heterocycles. The zero-order chi connectivity index (χ0) is 14.3. The molecule has 1 aromatic rings. The Morgan fingerprint density at radius 2 is 1.89 bits per heavy atom. The first kappa shape index (κ1) is 15.7. The maximum atomic E-state index is 12.6. The third-order valence-electron chi connectivity index (χ3n) is 3.18. The summed E-state index contributed by atoms with van der Waals surface area (Å²) in [6.45, 7) is 6.34. The fraction of sp³-hybridized carbons (Fsp3) is 0.533. The van der Waals surface area contributed by atoms with Crippen molar-refractivity contribution in [2.24, 2.45) is 5.73 Å². The molecule has 0 saturated heterocycles. The minimum absolute atomic E-state index is 0.0705. The number of ether oxygens (including phenoxy) is 1. The number of aryl methyl sites for hydroxylation is 2. The van der Waals surface area contributed by atoms with Gasteiger partial charge in [-0.25, -0.2) is 0 Å². The smallest absolute Gasteiger partial charge is 0.254 e. The van der Waals surface area contributed by atoms with Crippen molar-refractivity contribution in [3.05, 3.63) is 34.9 Å². The molecule has 1 amide bonds. The van der Waals surface area contributed by atoms with E-state index in [1.165, 1.54) is 0 Å². The number of methoxy groups -OCH3 is 1. The second-order valence-corrected chi connectivity index (χ2v) is 4.69. The molecule has 0 bridgehead atoms. The summed E-state index contributed by atoms with van der Waals surface area (Å²) in [5, 5.41) is 0. The second-order valence-electron chi connectivity index (χ2n) is 4.69. The minimum atomic E-state index is 0.0705. The van der Waals surface area contributed by atoms with Crippen LogP contribution in [0.2, 0.25) is 0 Å². The van der Waals surface area contributed by atoms with Crippen LogP contribution in [0.15, 0.2) is 18.2 Å². The molecule has 4 nitrogen and oxygen atoms in total. The van der Waals surface area contributed by atoms with Gasteiger partial charge in [-0.1, -0.05) is 18.2 Å². The van der Waals surface area contributed by atoms with Crippen molar-refractivity contribution in [1.29, 1.82) is 0 Å². The molecule has 4 heteroatoms. The molecule has 0 aromatic heterocycles. The lowest BCUT2D eigenvalue weighted by Gasteiger charge is -2.24. The molecule has 2 N–H and O–H groups in total. The van der Waals surface area contributed by atoms with Gasteiger partial charge in [0, 0.05) is 25.8 Å². The SMILES string of the molecule is COCCN(CCCN)C(=O)c1c(C)cccc1C. The van der Waals surface area contributed by atoms with Gasteiger partial charge in [0.2, 0.25) is 0 Å². The van der Waals surface area contributed by atoms with E-state index in [-0.39, 0.29) is 5.91 Å². The highest BCUT2D eigenvalue weighted by atomic mass is 16.5. The molecule has 0 radical (unpaired) electrons. The van der Waals surface area contributed by atoms with E-state index in [0.717, 1.165) is 23.1 Å². The summed E-state index contributed by atoms with van der Waals surface area (Å²) in [4.78, 5) is 14.5. The summed E-state index contributed by atoms with van der Waals surface area (Å²) < 4.78 is 5.07. The fourth-order valence-corrected chi connectivity index (χ4v) is 2.11. The number of nitrogens with two attached hydrogens (primary N) is 1. The van der Waals surface area contributed by atoms with Crippen LogP contribution in [0.1, 0.15) is 27.9 Å². The van der Waals surface area contributed by atoms with Crippen LogP contribution in [0.5, 0.6) is 0 Å². The van der Waals surface area contributed by atoms with Crippen molar-refractivity contribution in [3.8, 4) is 0 Å². The van der Waals surface area contributed by atoms with Gasteiger partial charge in [0.25, 0.3) is 5.91 Å². The van der Waals surface area contributed by atoms with Crippen LogP contribution in [-0.2, 0) is 4.74 Å². The van der Waals surface area contributed by atoms with Crippen LogP contribution in [0.25, 0.3) is 0 Å². The number of amides is 1. The van der Waals surface area contributed by atoms with E-state index in [4.69, 9.17) is 10.5 Å². The topological polar surface area (TPSA) is 55.6 Å². The van der Waals surface area contributed by atoms with Crippen molar-refractivity contribution in [3.63, 3.8) is 0 Å². The largest absolute Gasteiger partial charge is 0.383 e.